The molecule has 0 aliphatic heterocycles. The Balaban J connectivity index is 2.10. The lowest BCUT2D eigenvalue weighted by Gasteiger charge is -2.34. The van der Waals surface area contributed by atoms with Crippen molar-refractivity contribution in [1.82, 2.24) is 4.90 Å². The number of carbonyl (C=O) groups is 2. The molecule has 0 saturated heterocycles. The molecule has 1 amide bonds. The van der Waals surface area contributed by atoms with Crippen molar-refractivity contribution in [3.05, 3.63) is 35.9 Å². The number of hydrogen-bond donors (Lipinski definition) is 1. The summed E-state index contributed by atoms with van der Waals surface area (Å²) in [5, 5.41) is 8.36. The van der Waals surface area contributed by atoms with Crippen molar-refractivity contribution in [3.8, 4) is 0 Å². The van der Waals surface area contributed by atoms with Crippen LogP contribution in [0.1, 0.15) is 48.9 Å². The Bertz CT molecular complexity index is 468. The lowest BCUT2D eigenvalue weighted by atomic mass is 9.93. The van der Waals surface area contributed by atoms with E-state index in [0.29, 0.717) is 5.56 Å². The van der Waals surface area contributed by atoms with E-state index in [2.05, 4.69) is 4.89 Å². The normalized spacial score (nSPS) is 15.5. The molecule has 1 fully saturated rings. The highest BCUT2D eigenvalue weighted by Crippen LogP contribution is 2.24. The number of amides is 1. The molecular formula is C16H21NO4. The van der Waals surface area contributed by atoms with Crippen molar-refractivity contribution in [2.45, 2.75) is 44.6 Å². The van der Waals surface area contributed by atoms with Crippen molar-refractivity contribution in [2.75, 3.05) is 6.54 Å². The van der Waals surface area contributed by atoms with Crippen LogP contribution in [-0.4, -0.2) is 34.6 Å². The Kier molecular flexibility index (Phi) is 5.75. The van der Waals surface area contributed by atoms with E-state index in [1.165, 1.54) is 6.42 Å². The lowest BCUT2D eigenvalue weighted by Crippen LogP contribution is -2.42. The highest BCUT2D eigenvalue weighted by atomic mass is 17.1. The van der Waals surface area contributed by atoms with E-state index in [4.69, 9.17) is 5.26 Å². The average molecular weight is 291 g/mol. The zero-order chi connectivity index (χ0) is 15.1. The molecule has 1 aromatic carbocycles. The van der Waals surface area contributed by atoms with Gasteiger partial charge < -0.3 is 9.79 Å². The zero-order valence-electron chi connectivity index (χ0n) is 12.0. The van der Waals surface area contributed by atoms with Crippen LogP contribution < -0.4 is 0 Å². The van der Waals surface area contributed by atoms with Crippen LogP contribution in [0.3, 0.4) is 0 Å². The molecule has 5 heteroatoms. The molecular weight excluding hydrogens is 270 g/mol. The summed E-state index contributed by atoms with van der Waals surface area (Å²) < 4.78 is 0. The summed E-state index contributed by atoms with van der Waals surface area (Å²) in [4.78, 5) is 29.3. The number of benzene rings is 1. The van der Waals surface area contributed by atoms with Crippen LogP contribution in [-0.2, 0) is 9.68 Å². The summed E-state index contributed by atoms with van der Waals surface area (Å²) in [7, 11) is 0. The summed E-state index contributed by atoms with van der Waals surface area (Å²) in [6.07, 6.45) is 5.34. The number of hydrogen-bond acceptors (Lipinski definition) is 4. The fourth-order valence-electron chi connectivity index (χ4n) is 2.85. The summed E-state index contributed by atoms with van der Waals surface area (Å²) in [6, 6.07) is 9.25. The fourth-order valence-corrected chi connectivity index (χ4v) is 2.85. The predicted molar refractivity (Wildman–Crippen MR) is 77.7 cm³/mol. The van der Waals surface area contributed by atoms with Gasteiger partial charge in [0.2, 0.25) is 0 Å². The van der Waals surface area contributed by atoms with Gasteiger partial charge in [-0.05, 0) is 25.0 Å². The van der Waals surface area contributed by atoms with E-state index in [-0.39, 0.29) is 24.9 Å². The van der Waals surface area contributed by atoms with Gasteiger partial charge in [0.1, 0.15) is 0 Å². The minimum atomic E-state index is -0.711. The Morgan fingerprint density at radius 1 is 1.14 bits per heavy atom. The third-order valence-electron chi connectivity index (χ3n) is 3.96. The monoisotopic (exact) mass is 291 g/mol. The van der Waals surface area contributed by atoms with Crippen LogP contribution in [0.4, 0.5) is 0 Å². The molecule has 0 heterocycles. The minimum Gasteiger partial charge on any atom is -0.335 e. The molecule has 5 nitrogen and oxygen atoms in total. The first-order chi connectivity index (χ1) is 10.2. The van der Waals surface area contributed by atoms with Gasteiger partial charge in [-0.15, -0.1) is 0 Å². The molecule has 0 atom stereocenters. The Hall–Kier alpha value is -1.88. The predicted octanol–water partition coefficient (Wildman–Crippen LogP) is 2.87. The quantitative estimate of drug-likeness (QED) is 0.669. The van der Waals surface area contributed by atoms with Crippen LogP contribution in [0.25, 0.3) is 0 Å². The molecule has 114 valence electrons. The molecule has 0 bridgehead atoms. The Morgan fingerprint density at radius 3 is 2.43 bits per heavy atom. The van der Waals surface area contributed by atoms with Gasteiger partial charge in [-0.2, -0.15) is 5.26 Å². The van der Waals surface area contributed by atoms with Gasteiger partial charge in [0.25, 0.3) is 5.91 Å². The van der Waals surface area contributed by atoms with Crippen molar-refractivity contribution in [3.63, 3.8) is 0 Å². The highest BCUT2D eigenvalue weighted by Gasteiger charge is 2.26. The second-order valence-corrected chi connectivity index (χ2v) is 5.37. The van der Waals surface area contributed by atoms with Crippen LogP contribution in [0.5, 0.6) is 0 Å². The number of carbonyl (C=O) groups excluding carboxylic acids is 2. The number of rotatable bonds is 5. The molecule has 1 aliphatic rings. The largest absolute Gasteiger partial charge is 0.343 e. The third-order valence-corrected chi connectivity index (χ3v) is 3.96. The number of nitrogens with zero attached hydrogens (tertiary/aromatic N) is 1. The van der Waals surface area contributed by atoms with Gasteiger partial charge in [0, 0.05) is 18.2 Å². The molecule has 0 radical (unpaired) electrons. The molecule has 1 aliphatic carbocycles. The molecule has 21 heavy (non-hydrogen) atoms. The first-order valence-electron chi connectivity index (χ1n) is 7.42. The summed E-state index contributed by atoms with van der Waals surface area (Å²) in [5.74, 6) is -0.773. The minimum absolute atomic E-state index is 0.00553. The zero-order valence-corrected chi connectivity index (χ0v) is 12.0. The average Bonchev–Trinajstić information content (AvgIpc) is 2.56. The molecule has 0 spiro atoms. The second-order valence-electron chi connectivity index (χ2n) is 5.37. The van der Waals surface area contributed by atoms with Gasteiger partial charge >= 0.3 is 5.97 Å². The van der Waals surface area contributed by atoms with Gasteiger partial charge in [-0.25, -0.2) is 4.79 Å². The van der Waals surface area contributed by atoms with E-state index < -0.39 is 5.97 Å². The van der Waals surface area contributed by atoms with Crippen LogP contribution in [0, 0.1) is 0 Å². The van der Waals surface area contributed by atoms with E-state index in [0.717, 1.165) is 25.7 Å². The SMILES string of the molecule is O=C(CCN(C(=O)c1ccccc1)C1CCCCC1)OO. The van der Waals surface area contributed by atoms with E-state index >= 15 is 0 Å². The second kappa shape index (κ2) is 7.78. The first-order valence-corrected chi connectivity index (χ1v) is 7.42. The van der Waals surface area contributed by atoms with Gasteiger partial charge in [0.05, 0.1) is 6.42 Å². The van der Waals surface area contributed by atoms with Crippen LogP contribution >= 0.6 is 0 Å². The standard InChI is InChI=1S/C16H21NO4/c18-15(21-20)11-12-17(14-9-5-2-6-10-14)16(19)13-7-3-1-4-8-13/h1,3-4,7-8,14,20H,2,5-6,9-12H2. The Morgan fingerprint density at radius 2 is 1.81 bits per heavy atom. The van der Waals surface area contributed by atoms with E-state index in [9.17, 15) is 9.59 Å². The van der Waals surface area contributed by atoms with Crippen molar-refractivity contribution >= 4 is 11.9 Å². The van der Waals surface area contributed by atoms with Gasteiger partial charge in [-0.1, -0.05) is 37.5 Å². The summed E-state index contributed by atoms with van der Waals surface area (Å²) in [5.41, 5.74) is 0.625. The van der Waals surface area contributed by atoms with E-state index in [1.54, 1.807) is 17.0 Å². The topological polar surface area (TPSA) is 66.8 Å². The maximum Gasteiger partial charge on any atom is 0.343 e. The van der Waals surface area contributed by atoms with Gasteiger partial charge in [0.15, 0.2) is 0 Å². The maximum atomic E-state index is 12.7. The highest BCUT2D eigenvalue weighted by molar-refractivity contribution is 5.94. The van der Waals surface area contributed by atoms with Crippen molar-refractivity contribution in [1.29, 1.82) is 0 Å². The van der Waals surface area contributed by atoms with Crippen molar-refractivity contribution in [2.24, 2.45) is 0 Å². The molecule has 2 rings (SSSR count). The summed E-state index contributed by atoms with van der Waals surface area (Å²) >= 11 is 0. The molecule has 0 unspecified atom stereocenters. The van der Waals surface area contributed by atoms with E-state index in [1.807, 2.05) is 18.2 Å². The van der Waals surface area contributed by atoms with Crippen LogP contribution in [0.2, 0.25) is 0 Å². The van der Waals surface area contributed by atoms with Crippen LogP contribution in [0.15, 0.2) is 30.3 Å². The lowest BCUT2D eigenvalue weighted by molar-refractivity contribution is -0.234. The third kappa shape index (κ3) is 4.29. The van der Waals surface area contributed by atoms with Gasteiger partial charge in [-0.3, -0.25) is 4.79 Å². The smallest absolute Gasteiger partial charge is 0.335 e. The Labute approximate surface area is 124 Å². The fraction of sp³-hybridized carbons (Fsp3) is 0.500. The summed E-state index contributed by atoms with van der Waals surface area (Å²) in [6.45, 7) is 0.276. The molecule has 1 saturated carbocycles. The first kappa shape index (κ1) is 15.5. The molecule has 1 aromatic rings. The van der Waals surface area contributed by atoms with Crippen molar-refractivity contribution < 1.29 is 19.7 Å². The molecule has 0 aromatic heterocycles. The molecule has 1 N–H and O–H groups in total. The maximum absolute atomic E-state index is 12.7.